The van der Waals surface area contributed by atoms with Gasteiger partial charge in [0.2, 0.25) is 0 Å². The van der Waals surface area contributed by atoms with Gasteiger partial charge in [-0.2, -0.15) is 0 Å². The first-order valence-corrected chi connectivity index (χ1v) is 12.7. The van der Waals surface area contributed by atoms with E-state index in [0.29, 0.717) is 25.1 Å². The molecule has 0 aliphatic carbocycles. The van der Waals surface area contributed by atoms with Crippen molar-refractivity contribution in [1.29, 1.82) is 0 Å². The van der Waals surface area contributed by atoms with Gasteiger partial charge in [0.15, 0.2) is 5.16 Å². The van der Waals surface area contributed by atoms with Crippen LogP contribution >= 0.6 is 11.8 Å². The molecule has 2 atom stereocenters. The van der Waals surface area contributed by atoms with E-state index < -0.39 is 6.23 Å². The number of aliphatic hydroxyl groups is 1. The monoisotopic (exact) mass is 484 g/mol. The van der Waals surface area contributed by atoms with Gasteiger partial charge >= 0.3 is 0 Å². The fourth-order valence-electron chi connectivity index (χ4n) is 4.04. The lowest BCUT2D eigenvalue weighted by atomic mass is 10.1. The van der Waals surface area contributed by atoms with E-state index in [1.165, 1.54) is 11.8 Å². The Labute approximate surface area is 204 Å². The number of aromatic nitrogens is 3. The van der Waals surface area contributed by atoms with Gasteiger partial charge in [0.1, 0.15) is 23.6 Å². The summed E-state index contributed by atoms with van der Waals surface area (Å²) in [5.74, 6) is 1.86. The Morgan fingerprint density at radius 3 is 2.68 bits per heavy atom. The number of phenols is 2. The van der Waals surface area contributed by atoms with Gasteiger partial charge in [-0.3, -0.25) is 9.88 Å². The SMILES string of the molecule is Oc1cccc(CSc2nnc(CCCCC(O)NCC3CCCO3)n2-c2cccc(O)c2)c1. The summed E-state index contributed by atoms with van der Waals surface area (Å²) in [6.07, 6.45) is 4.88. The lowest BCUT2D eigenvalue weighted by Gasteiger charge is -2.16. The third kappa shape index (κ3) is 6.96. The van der Waals surface area contributed by atoms with Gasteiger partial charge < -0.3 is 20.1 Å². The fraction of sp³-hybridized carbons (Fsp3) is 0.440. The van der Waals surface area contributed by atoms with Crippen LogP contribution in [-0.2, 0) is 16.9 Å². The molecular weight excluding hydrogens is 452 g/mol. The second-order valence-electron chi connectivity index (χ2n) is 8.52. The quantitative estimate of drug-likeness (QED) is 0.175. The summed E-state index contributed by atoms with van der Waals surface area (Å²) >= 11 is 1.53. The molecule has 182 valence electrons. The van der Waals surface area contributed by atoms with Crippen molar-refractivity contribution in [3.8, 4) is 17.2 Å². The van der Waals surface area contributed by atoms with E-state index in [0.717, 1.165) is 54.5 Å². The summed E-state index contributed by atoms with van der Waals surface area (Å²) in [6.45, 7) is 1.50. The lowest BCUT2D eigenvalue weighted by Crippen LogP contribution is -2.35. The molecule has 2 unspecified atom stereocenters. The number of aryl methyl sites for hydroxylation is 1. The summed E-state index contributed by atoms with van der Waals surface area (Å²) in [5, 5.41) is 42.7. The van der Waals surface area contributed by atoms with Crippen LogP contribution in [0, 0.1) is 0 Å². The Hall–Kier alpha value is -2.59. The van der Waals surface area contributed by atoms with E-state index in [4.69, 9.17) is 4.74 Å². The number of hydrogen-bond acceptors (Lipinski definition) is 8. The first-order valence-electron chi connectivity index (χ1n) is 11.8. The van der Waals surface area contributed by atoms with Crippen LogP contribution in [0.4, 0.5) is 0 Å². The Kier molecular flexibility index (Phi) is 8.81. The molecule has 1 aromatic heterocycles. The van der Waals surface area contributed by atoms with Crippen LogP contribution in [0.5, 0.6) is 11.5 Å². The second kappa shape index (κ2) is 12.2. The second-order valence-corrected chi connectivity index (χ2v) is 9.46. The Morgan fingerprint density at radius 1 is 1.09 bits per heavy atom. The standard InChI is InChI=1S/C25H32N4O4S/c30-20-8-3-6-18(14-20)17-34-25-28-27-23(29(25)19-7-4-9-21(31)15-19)11-1-2-12-24(32)26-16-22-10-5-13-33-22/h3-4,6-9,14-15,22,24,26,30-32H,1-2,5,10-13,16-17H2. The van der Waals surface area contributed by atoms with Gasteiger partial charge in [-0.25, -0.2) is 0 Å². The molecule has 8 nitrogen and oxygen atoms in total. The summed E-state index contributed by atoms with van der Waals surface area (Å²) in [6, 6.07) is 14.2. The predicted molar refractivity (Wildman–Crippen MR) is 131 cm³/mol. The molecular formula is C25H32N4O4S. The molecule has 1 aliphatic heterocycles. The van der Waals surface area contributed by atoms with E-state index in [1.807, 2.05) is 22.8 Å². The molecule has 2 aromatic carbocycles. The average Bonchev–Trinajstić information content (AvgIpc) is 3.49. The van der Waals surface area contributed by atoms with Crippen LogP contribution in [0.3, 0.4) is 0 Å². The minimum absolute atomic E-state index is 0.182. The van der Waals surface area contributed by atoms with Crippen molar-refractivity contribution in [2.24, 2.45) is 0 Å². The zero-order chi connectivity index (χ0) is 23.8. The first-order chi connectivity index (χ1) is 16.6. The summed E-state index contributed by atoms with van der Waals surface area (Å²) < 4.78 is 7.55. The summed E-state index contributed by atoms with van der Waals surface area (Å²) in [7, 11) is 0. The van der Waals surface area contributed by atoms with Crippen molar-refractivity contribution in [2.75, 3.05) is 13.2 Å². The van der Waals surface area contributed by atoms with E-state index in [-0.39, 0.29) is 17.6 Å². The van der Waals surface area contributed by atoms with Crippen molar-refractivity contribution >= 4 is 11.8 Å². The average molecular weight is 485 g/mol. The van der Waals surface area contributed by atoms with Gasteiger partial charge in [-0.15, -0.1) is 10.2 Å². The highest BCUT2D eigenvalue weighted by Gasteiger charge is 2.17. The van der Waals surface area contributed by atoms with Crippen LogP contribution in [0.1, 0.15) is 43.5 Å². The predicted octanol–water partition coefficient (Wildman–Crippen LogP) is 3.77. The molecule has 1 saturated heterocycles. The van der Waals surface area contributed by atoms with Crippen LogP contribution < -0.4 is 5.32 Å². The molecule has 0 spiro atoms. The molecule has 0 radical (unpaired) electrons. The number of benzene rings is 2. The summed E-state index contributed by atoms with van der Waals surface area (Å²) in [5.41, 5.74) is 1.79. The minimum Gasteiger partial charge on any atom is -0.508 e. The highest BCUT2D eigenvalue weighted by Crippen LogP contribution is 2.28. The molecule has 4 rings (SSSR count). The van der Waals surface area contributed by atoms with Gasteiger partial charge in [0.25, 0.3) is 0 Å². The van der Waals surface area contributed by atoms with Gasteiger partial charge in [0.05, 0.1) is 11.8 Å². The van der Waals surface area contributed by atoms with E-state index in [2.05, 4.69) is 15.5 Å². The summed E-state index contributed by atoms with van der Waals surface area (Å²) in [4.78, 5) is 0. The van der Waals surface area contributed by atoms with E-state index in [9.17, 15) is 15.3 Å². The highest BCUT2D eigenvalue weighted by molar-refractivity contribution is 7.98. The minimum atomic E-state index is -0.540. The maximum absolute atomic E-state index is 10.2. The fourth-order valence-corrected chi connectivity index (χ4v) is 4.95. The Bertz CT molecular complexity index is 1050. The number of aromatic hydroxyl groups is 2. The molecule has 34 heavy (non-hydrogen) atoms. The number of thioether (sulfide) groups is 1. The van der Waals surface area contributed by atoms with Crippen molar-refractivity contribution in [1.82, 2.24) is 20.1 Å². The van der Waals surface area contributed by atoms with E-state index in [1.54, 1.807) is 30.3 Å². The van der Waals surface area contributed by atoms with Gasteiger partial charge in [-0.1, -0.05) is 30.0 Å². The third-order valence-electron chi connectivity index (χ3n) is 5.80. The van der Waals surface area contributed by atoms with Crippen LogP contribution in [0.25, 0.3) is 5.69 Å². The molecule has 0 bridgehead atoms. The number of phenolic OH excluding ortho intramolecular Hbond substituents is 2. The number of nitrogens with zero attached hydrogens (tertiary/aromatic N) is 3. The van der Waals surface area contributed by atoms with Crippen LogP contribution in [0.15, 0.2) is 53.7 Å². The smallest absolute Gasteiger partial charge is 0.196 e. The molecule has 1 fully saturated rings. The van der Waals surface area contributed by atoms with E-state index >= 15 is 0 Å². The molecule has 4 N–H and O–H groups in total. The highest BCUT2D eigenvalue weighted by atomic mass is 32.2. The van der Waals surface area contributed by atoms with Crippen LogP contribution in [0.2, 0.25) is 0 Å². The van der Waals surface area contributed by atoms with Crippen molar-refractivity contribution < 1.29 is 20.1 Å². The van der Waals surface area contributed by atoms with Gasteiger partial charge in [0, 0.05) is 31.4 Å². The third-order valence-corrected chi connectivity index (χ3v) is 6.80. The number of nitrogens with one attached hydrogen (secondary N) is 1. The Balaban J connectivity index is 1.36. The number of unbranched alkanes of at least 4 members (excludes halogenated alkanes) is 1. The normalized spacial score (nSPS) is 16.7. The molecule has 3 aromatic rings. The molecule has 1 aliphatic rings. The van der Waals surface area contributed by atoms with Crippen molar-refractivity contribution in [3.05, 3.63) is 59.9 Å². The van der Waals surface area contributed by atoms with Crippen LogP contribution in [-0.4, -0.2) is 55.6 Å². The lowest BCUT2D eigenvalue weighted by molar-refractivity contribution is 0.0733. The number of rotatable bonds is 12. The zero-order valence-corrected chi connectivity index (χ0v) is 20.0. The largest absolute Gasteiger partial charge is 0.508 e. The topological polar surface area (TPSA) is 113 Å². The van der Waals surface area contributed by atoms with Gasteiger partial charge in [-0.05, 0) is 61.9 Å². The molecule has 9 heteroatoms. The molecule has 0 saturated carbocycles. The zero-order valence-electron chi connectivity index (χ0n) is 19.1. The van der Waals surface area contributed by atoms with Crippen molar-refractivity contribution in [3.63, 3.8) is 0 Å². The molecule has 2 heterocycles. The Morgan fingerprint density at radius 2 is 1.91 bits per heavy atom. The number of aliphatic hydroxyl groups excluding tert-OH is 1. The maximum Gasteiger partial charge on any atom is 0.196 e. The van der Waals surface area contributed by atoms with Crippen molar-refractivity contribution in [2.45, 2.75) is 61.8 Å². The number of hydrogen-bond donors (Lipinski definition) is 4. The number of ether oxygens (including phenoxy) is 1. The maximum atomic E-state index is 10.2. The molecule has 0 amide bonds. The first kappa shape index (κ1) is 24.5.